The van der Waals surface area contributed by atoms with E-state index >= 15 is 0 Å². The third-order valence-electron chi connectivity index (χ3n) is 4.71. The number of rotatable bonds is 6. The van der Waals surface area contributed by atoms with Gasteiger partial charge in [0.25, 0.3) is 0 Å². The average molecular weight is 417 g/mol. The lowest BCUT2D eigenvalue weighted by atomic mass is 10.2. The van der Waals surface area contributed by atoms with Crippen LogP contribution in [0.5, 0.6) is 0 Å². The molecule has 5 nitrogen and oxygen atoms in total. The summed E-state index contributed by atoms with van der Waals surface area (Å²) < 4.78 is 0. The monoisotopic (exact) mass is 416 g/mol. The van der Waals surface area contributed by atoms with E-state index in [0.29, 0.717) is 5.11 Å². The second-order valence-corrected chi connectivity index (χ2v) is 7.89. The molecule has 0 radical (unpaired) electrons. The lowest BCUT2D eigenvalue weighted by molar-refractivity contribution is -0.123. The quantitative estimate of drug-likeness (QED) is 0.630. The first-order valence-electron chi connectivity index (χ1n) is 9.39. The lowest BCUT2D eigenvalue weighted by Crippen LogP contribution is -2.49. The molecule has 1 aliphatic rings. The molecule has 3 N–H and O–H groups in total. The van der Waals surface area contributed by atoms with Crippen LogP contribution in [0.1, 0.15) is 18.9 Å². The molecule has 1 fully saturated rings. The summed E-state index contributed by atoms with van der Waals surface area (Å²) in [6, 6.07) is 17.3. The molecule has 1 saturated heterocycles. The van der Waals surface area contributed by atoms with Crippen LogP contribution in [0.4, 0.5) is 5.69 Å². The number of carbonyl (C=O) groups is 1. The zero-order valence-corrected chi connectivity index (χ0v) is 17.4. The normalized spacial score (nSPS) is 17.7. The number of para-hydroxylation sites is 1. The first-order chi connectivity index (χ1) is 13.5. The number of amides is 1. The van der Waals surface area contributed by atoms with E-state index in [4.69, 9.17) is 23.8 Å². The van der Waals surface area contributed by atoms with Gasteiger partial charge in [0.2, 0.25) is 5.91 Å². The molecule has 0 spiro atoms. The Balaban J connectivity index is 1.41. The van der Waals surface area contributed by atoms with Gasteiger partial charge in [0, 0.05) is 36.4 Å². The Kier molecular flexibility index (Phi) is 7.25. The molecule has 2 atom stereocenters. The maximum absolute atomic E-state index is 12.5. The highest BCUT2D eigenvalue weighted by Crippen LogP contribution is 2.16. The van der Waals surface area contributed by atoms with E-state index in [-0.39, 0.29) is 11.9 Å². The molecular weight excluding hydrogens is 392 g/mol. The maximum atomic E-state index is 12.5. The van der Waals surface area contributed by atoms with Crippen LogP contribution in [0.15, 0.2) is 54.6 Å². The van der Waals surface area contributed by atoms with Gasteiger partial charge < -0.3 is 16.0 Å². The number of anilines is 1. The van der Waals surface area contributed by atoms with Gasteiger partial charge in [0.05, 0.1) is 0 Å². The van der Waals surface area contributed by atoms with Crippen LogP contribution in [-0.2, 0) is 11.3 Å². The Morgan fingerprint density at radius 2 is 1.93 bits per heavy atom. The minimum absolute atomic E-state index is 0.0458. The summed E-state index contributed by atoms with van der Waals surface area (Å²) in [7, 11) is 0. The van der Waals surface area contributed by atoms with Crippen LogP contribution in [-0.4, -0.2) is 41.1 Å². The number of carbonyl (C=O) groups excluding carboxylic acids is 1. The molecule has 2 aromatic carbocycles. The molecule has 148 valence electrons. The third-order valence-corrected chi connectivity index (χ3v) is 5.18. The van der Waals surface area contributed by atoms with Crippen molar-refractivity contribution in [1.82, 2.24) is 15.5 Å². The zero-order chi connectivity index (χ0) is 19.9. The van der Waals surface area contributed by atoms with Gasteiger partial charge in [-0.05, 0) is 55.4 Å². The van der Waals surface area contributed by atoms with Gasteiger partial charge in [-0.3, -0.25) is 9.69 Å². The second-order valence-electron chi connectivity index (χ2n) is 7.04. The number of hydrogen-bond donors (Lipinski definition) is 3. The van der Waals surface area contributed by atoms with Gasteiger partial charge in [-0.1, -0.05) is 41.9 Å². The summed E-state index contributed by atoms with van der Waals surface area (Å²) in [4.78, 5) is 14.8. The Morgan fingerprint density at radius 1 is 1.21 bits per heavy atom. The highest BCUT2D eigenvalue weighted by Gasteiger charge is 2.25. The van der Waals surface area contributed by atoms with Crippen LogP contribution in [0.3, 0.4) is 0 Å². The summed E-state index contributed by atoms with van der Waals surface area (Å²) >= 11 is 11.2. The second kappa shape index (κ2) is 9.87. The Labute approximate surface area is 176 Å². The van der Waals surface area contributed by atoms with Crippen molar-refractivity contribution in [2.24, 2.45) is 0 Å². The predicted molar refractivity (Wildman–Crippen MR) is 119 cm³/mol. The fourth-order valence-corrected chi connectivity index (χ4v) is 3.64. The van der Waals surface area contributed by atoms with Crippen molar-refractivity contribution in [3.05, 3.63) is 65.2 Å². The minimum atomic E-state index is -0.408. The molecule has 0 bridgehead atoms. The smallest absolute Gasteiger partial charge is 0.242 e. The van der Waals surface area contributed by atoms with E-state index in [1.54, 1.807) is 0 Å². The highest BCUT2D eigenvalue weighted by molar-refractivity contribution is 7.80. The van der Waals surface area contributed by atoms with E-state index in [2.05, 4.69) is 20.9 Å². The molecule has 2 aromatic rings. The highest BCUT2D eigenvalue weighted by atomic mass is 35.5. The zero-order valence-electron chi connectivity index (χ0n) is 15.8. The van der Waals surface area contributed by atoms with Gasteiger partial charge in [-0.15, -0.1) is 0 Å². The van der Waals surface area contributed by atoms with E-state index < -0.39 is 6.04 Å². The first-order valence-corrected chi connectivity index (χ1v) is 10.2. The van der Waals surface area contributed by atoms with Crippen LogP contribution >= 0.6 is 23.8 Å². The van der Waals surface area contributed by atoms with Crippen molar-refractivity contribution in [3.8, 4) is 0 Å². The van der Waals surface area contributed by atoms with Crippen LogP contribution < -0.4 is 16.0 Å². The molecule has 28 heavy (non-hydrogen) atoms. The van der Waals surface area contributed by atoms with E-state index in [0.717, 1.165) is 36.8 Å². The molecule has 1 amide bonds. The predicted octanol–water partition coefficient (Wildman–Crippen LogP) is 3.41. The van der Waals surface area contributed by atoms with Crippen molar-refractivity contribution in [2.75, 3.05) is 18.4 Å². The summed E-state index contributed by atoms with van der Waals surface area (Å²) in [5.74, 6) is -0.0458. The molecule has 0 aliphatic carbocycles. The fraction of sp³-hybridized carbons (Fsp3) is 0.333. The Bertz CT molecular complexity index is 800. The molecule has 0 saturated carbocycles. The number of hydrogen-bond acceptors (Lipinski definition) is 3. The van der Waals surface area contributed by atoms with Crippen LogP contribution in [0.25, 0.3) is 0 Å². The summed E-state index contributed by atoms with van der Waals surface area (Å²) in [6.07, 6.45) is 0.943. The van der Waals surface area contributed by atoms with Crippen molar-refractivity contribution in [3.63, 3.8) is 0 Å². The number of benzene rings is 2. The Hall–Kier alpha value is -2.15. The summed E-state index contributed by atoms with van der Waals surface area (Å²) in [5.41, 5.74) is 2.12. The van der Waals surface area contributed by atoms with Gasteiger partial charge in [-0.25, -0.2) is 0 Å². The summed E-state index contributed by atoms with van der Waals surface area (Å²) in [6.45, 7) is 4.48. The maximum Gasteiger partial charge on any atom is 0.242 e. The minimum Gasteiger partial charge on any atom is -0.351 e. The van der Waals surface area contributed by atoms with Crippen molar-refractivity contribution in [1.29, 1.82) is 0 Å². The number of halogens is 1. The fourth-order valence-electron chi connectivity index (χ4n) is 3.22. The van der Waals surface area contributed by atoms with Crippen LogP contribution in [0, 0.1) is 0 Å². The van der Waals surface area contributed by atoms with Gasteiger partial charge in [0.15, 0.2) is 5.11 Å². The van der Waals surface area contributed by atoms with Gasteiger partial charge in [0.1, 0.15) is 6.04 Å². The number of thiocarbonyl (C=S) groups is 1. The van der Waals surface area contributed by atoms with Crippen molar-refractivity contribution < 1.29 is 4.79 Å². The SMILES string of the molecule is C[C@H](NC(=S)Nc1ccccc1)C(=O)N[C@@H]1CCN(Cc2ccc(Cl)cc2)C1. The van der Waals surface area contributed by atoms with Gasteiger partial charge in [-0.2, -0.15) is 0 Å². The van der Waals surface area contributed by atoms with Crippen molar-refractivity contribution >= 4 is 40.5 Å². The molecule has 7 heteroatoms. The number of likely N-dealkylation sites (tertiary alicyclic amines) is 1. The topological polar surface area (TPSA) is 56.4 Å². The third kappa shape index (κ3) is 6.19. The first kappa shape index (κ1) is 20.6. The lowest BCUT2D eigenvalue weighted by Gasteiger charge is -2.20. The molecular formula is C21H25ClN4OS. The average Bonchev–Trinajstić information content (AvgIpc) is 3.11. The standard InChI is InChI=1S/C21H25ClN4OS/c1-15(23-21(28)25-18-5-3-2-4-6-18)20(27)24-19-11-12-26(14-19)13-16-7-9-17(22)10-8-16/h2-10,15,19H,11-14H2,1H3,(H,24,27)(H2,23,25,28)/t15-,19+/m0/s1. The van der Waals surface area contributed by atoms with E-state index in [9.17, 15) is 4.79 Å². The molecule has 1 aliphatic heterocycles. The molecule has 3 rings (SSSR count). The Morgan fingerprint density at radius 3 is 2.64 bits per heavy atom. The molecule has 0 aromatic heterocycles. The van der Waals surface area contributed by atoms with Crippen molar-refractivity contribution in [2.45, 2.75) is 32.0 Å². The van der Waals surface area contributed by atoms with E-state index in [1.807, 2.05) is 61.5 Å². The molecule has 1 heterocycles. The number of nitrogens with zero attached hydrogens (tertiary/aromatic N) is 1. The largest absolute Gasteiger partial charge is 0.351 e. The van der Waals surface area contributed by atoms with E-state index in [1.165, 1.54) is 5.56 Å². The van der Waals surface area contributed by atoms with Gasteiger partial charge >= 0.3 is 0 Å². The number of nitrogens with one attached hydrogen (secondary N) is 3. The molecule has 0 unspecified atom stereocenters. The summed E-state index contributed by atoms with van der Waals surface area (Å²) in [5, 5.41) is 10.4. The van der Waals surface area contributed by atoms with Crippen LogP contribution in [0.2, 0.25) is 5.02 Å².